The predicted octanol–water partition coefficient (Wildman–Crippen LogP) is 2.19. The van der Waals surface area contributed by atoms with Gasteiger partial charge in [0.1, 0.15) is 0 Å². The Hall–Kier alpha value is -1.71. The van der Waals surface area contributed by atoms with E-state index in [1.165, 1.54) is 18.4 Å². The highest BCUT2D eigenvalue weighted by molar-refractivity contribution is 5.79. The van der Waals surface area contributed by atoms with Gasteiger partial charge < -0.3 is 14.8 Å². The zero-order valence-electron chi connectivity index (χ0n) is 10.7. The molecular weight excluding hydrogens is 242 g/mol. The van der Waals surface area contributed by atoms with Gasteiger partial charge in [-0.2, -0.15) is 0 Å². The van der Waals surface area contributed by atoms with Gasteiger partial charge in [0.2, 0.25) is 12.7 Å². The fourth-order valence-electron chi connectivity index (χ4n) is 3.74. The van der Waals surface area contributed by atoms with Crippen LogP contribution in [0.15, 0.2) is 18.2 Å². The highest BCUT2D eigenvalue weighted by Gasteiger charge is 2.40. The van der Waals surface area contributed by atoms with Crippen LogP contribution in [0.2, 0.25) is 0 Å². The number of carbonyl (C=O) groups is 1. The van der Waals surface area contributed by atoms with Crippen molar-refractivity contribution in [3.05, 3.63) is 23.8 Å². The number of hydrogen-bond donors (Lipinski definition) is 1. The maximum Gasteiger partial charge on any atom is 0.231 e. The molecule has 4 heteroatoms. The van der Waals surface area contributed by atoms with Gasteiger partial charge in [0.15, 0.2) is 11.5 Å². The summed E-state index contributed by atoms with van der Waals surface area (Å²) in [7, 11) is 0. The number of fused-ring (bicyclic) bond motifs is 2. The van der Waals surface area contributed by atoms with Gasteiger partial charge in [-0.25, -0.2) is 0 Å². The number of hydrogen-bond acceptors (Lipinski definition) is 3. The first-order valence-corrected chi connectivity index (χ1v) is 7.00. The first-order valence-electron chi connectivity index (χ1n) is 7.00. The van der Waals surface area contributed by atoms with Crippen LogP contribution in [0.3, 0.4) is 0 Å². The Morgan fingerprint density at radius 3 is 3.00 bits per heavy atom. The van der Waals surface area contributed by atoms with E-state index in [1.807, 2.05) is 6.07 Å². The summed E-state index contributed by atoms with van der Waals surface area (Å²) in [4.78, 5) is 11.6. The normalized spacial score (nSPS) is 32.0. The van der Waals surface area contributed by atoms with E-state index in [4.69, 9.17) is 9.47 Å². The molecular formula is C15H17NO3. The van der Waals surface area contributed by atoms with Gasteiger partial charge in [0.25, 0.3) is 0 Å². The SMILES string of the molecule is O=C1C[C@H]2CCC[C@@H](c3ccc4c(c3)OCO4)[C@H]2N1. The monoisotopic (exact) mass is 259 g/mol. The third-order valence-corrected chi connectivity index (χ3v) is 4.63. The van der Waals surface area contributed by atoms with Crippen LogP contribution < -0.4 is 14.8 Å². The van der Waals surface area contributed by atoms with Crippen molar-refractivity contribution in [2.75, 3.05) is 6.79 Å². The molecule has 4 rings (SSSR count). The molecule has 1 N–H and O–H groups in total. The summed E-state index contributed by atoms with van der Waals surface area (Å²) >= 11 is 0. The summed E-state index contributed by atoms with van der Waals surface area (Å²) in [6.07, 6.45) is 4.21. The second-order valence-corrected chi connectivity index (χ2v) is 5.71. The van der Waals surface area contributed by atoms with E-state index in [0.29, 0.717) is 31.1 Å². The summed E-state index contributed by atoms with van der Waals surface area (Å²) in [5.74, 6) is 2.80. The number of rotatable bonds is 1. The average molecular weight is 259 g/mol. The molecule has 1 saturated carbocycles. The number of benzene rings is 1. The highest BCUT2D eigenvalue weighted by atomic mass is 16.7. The van der Waals surface area contributed by atoms with E-state index < -0.39 is 0 Å². The van der Waals surface area contributed by atoms with E-state index >= 15 is 0 Å². The number of amides is 1. The van der Waals surface area contributed by atoms with Crippen molar-refractivity contribution in [1.29, 1.82) is 0 Å². The molecule has 2 fully saturated rings. The lowest BCUT2D eigenvalue weighted by atomic mass is 9.74. The standard InChI is InChI=1S/C15H17NO3/c17-14-7-10-2-1-3-11(15(10)16-14)9-4-5-12-13(6-9)19-8-18-12/h4-6,10-11,15H,1-3,7-8H2,(H,16,17)/t10-,11+,15+/m1/s1. The molecule has 1 aromatic carbocycles. The smallest absolute Gasteiger partial charge is 0.231 e. The van der Waals surface area contributed by atoms with Crippen LogP contribution in [0, 0.1) is 5.92 Å². The van der Waals surface area contributed by atoms with Crippen LogP contribution >= 0.6 is 0 Å². The van der Waals surface area contributed by atoms with Crippen LogP contribution in [0.1, 0.15) is 37.2 Å². The van der Waals surface area contributed by atoms with Crippen molar-refractivity contribution >= 4 is 5.91 Å². The average Bonchev–Trinajstić information content (AvgIpc) is 3.01. The minimum atomic E-state index is 0.211. The molecule has 0 aromatic heterocycles. The van der Waals surface area contributed by atoms with Crippen molar-refractivity contribution in [2.45, 2.75) is 37.6 Å². The number of ether oxygens (including phenoxy) is 2. The molecule has 100 valence electrons. The zero-order valence-corrected chi connectivity index (χ0v) is 10.7. The Labute approximate surface area is 112 Å². The highest BCUT2D eigenvalue weighted by Crippen LogP contribution is 2.43. The Bertz CT molecular complexity index is 528. The second-order valence-electron chi connectivity index (χ2n) is 5.71. The minimum Gasteiger partial charge on any atom is -0.454 e. The van der Waals surface area contributed by atoms with Crippen molar-refractivity contribution in [3.8, 4) is 11.5 Å². The van der Waals surface area contributed by atoms with E-state index in [9.17, 15) is 4.79 Å². The largest absolute Gasteiger partial charge is 0.454 e. The molecule has 0 unspecified atom stereocenters. The molecule has 1 saturated heterocycles. The summed E-state index contributed by atoms with van der Waals surface area (Å²) in [5, 5.41) is 3.16. The topological polar surface area (TPSA) is 47.6 Å². The van der Waals surface area contributed by atoms with Crippen molar-refractivity contribution in [1.82, 2.24) is 5.32 Å². The first kappa shape index (κ1) is 11.1. The fourth-order valence-corrected chi connectivity index (χ4v) is 3.74. The van der Waals surface area contributed by atoms with Crippen LogP contribution in [-0.2, 0) is 4.79 Å². The molecule has 2 heterocycles. The van der Waals surface area contributed by atoms with Crippen LogP contribution in [0.5, 0.6) is 11.5 Å². The van der Waals surface area contributed by atoms with Gasteiger partial charge in [-0.15, -0.1) is 0 Å². The molecule has 0 bridgehead atoms. The van der Waals surface area contributed by atoms with Gasteiger partial charge in [-0.05, 0) is 36.5 Å². The quantitative estimate of drug-likeness (QED) is 0.841. The molecule has 0 radical (unpaired) electrons. The third kappa shape index (κ3) is 1.78. The third-order valence-electron chi connectivity index (χ3n) is 4.63. The van der Waals surface area contributed by atoms with Crippen molar-refractivity contribution in [2.24, 2.45) is 5.92 Å². The Balaban J connectivity index is 1.65. The van der Waals surface area contributed by atoms with E-state index in [1.54, 1.807) is 0 Å². The van der Waals surface area contributed by atoms with Gasteiger partial charge >= 0.3 is 0 Å². The van der Waals surface area contributed by atoms with E-state index in [2.05, 4.69) is 17.4 Å². The molecule has 2 aliphatic heterocycles. The Morgan fingerprint density at radius 2 is 2.05 bits per heavy atom. The van der Waals surface area contributed by atoms with Gasteiger partial charge in [0, 0.05) is 18.4 Å². The van der Waals surface area contributed by atoms with Crippen LogP contribution in [0.4, 0.5) is 0 Å². The van der Waals surface area contributed by atoms with Gasteiger partial charge in [-0.3, -0.25) is 4.79 Å². The fraction of sp³-hybridized carbons (Fsp3) is 0.533. The summed E-state index contributed by atoms with van der Waals surface area (Å²) in [6.45, 7) is 0.312. The lowest BCUT2D eigenvalue weighted by Crippen LogP contribution is -2.37. The maximum atomic E-state index is 11.6. The minimum absolute atomic E-state index is 0.211. The van der Waals surface area contributed by atoms with Crippen LogP contribution in [-0.4, -0.2) is 18.7 Å². The van der Waals surface area contributed by atoms with Crippen LogP contribution in [0.25, 0.3) is 0 Å². The van der Waals surface area contributed by atoms with E-state index in [0.717, 1.165) is 17.9 Å². The molecule has 3 atom stereocenters. The molecule has 1 aromatic rings. The summed E-state index contributed by atoms with van der Waals surface area (Å²) in [6, 6.07) is 6.49. The van der Waals surface area contributed by atoms with E-state index in [-0.39, 0.29) is 5.91 Å². The number of nitrogens with one attached hydrogen (secondary N) is 1. The second kappa shape index (κ2) is 4.15. The number of carbonyl (C=O) groups excluding carboxylic acids is 1. The maximum absolute atomic E-state index is 11.6. The Kier molecular flexibility index (Phi) is 2.43. The lowest BCUT2D eigenvalue weighted by Gasteiger charge is -2.33. The Morgan fingerprint density at radius 1 is 1.16 bits per heavy atom. The zero-order chi connectivity index (χ0) is 12.8. The van der Waals surface area contributed by atoms with Gasteiger partial charge in [0.05, 0.1) is 0 Å². The molecule has 4 nitrogen and oxygen atoms in total. The predicted molar refractivity (Wildman–Crippen MR) is 69.2 cm³/mol. The molecule has 19 heavy (non-hydrogen) atoms. The molecule has 1 amide bonds. The van der Waals surface area contributed by atoms with Crippen molar-refractivity contribution in [3.63, 3.8) is 0 Å². The molecule has 3 aliphatic rings. The summed E-state index contributed by atoms with van der Waals surface area (Å²) in [5.41, 5.74) is 1.26. The first-order chi connectivity index (χ1) is 9.31. The van der Waals surface area contributed by atoms with Gasteiger partial charge in [-0.1, -0.05) is 12.5 Å². The molecule has 0 spiro atoms. The lowest BCUT2D eigenvalue weighted by molar-refractivity contribution is -0.119. The van der Waals surface area contributed by atoms with Crippen molar-refractivity contribution < 1.29 is 14.3 Å². The molecule has 1 aliphatic carbocycles. The summed E-state index contributed by atoms with van der Waals surface area (Å²) < 4.78 is 10.8.